The van der Waals surface area contributed by atoms with Crippen LogP contribution < -0.4 is 10.6 Å². The van der Waals surface area contributed by atoms with E-state index in [0.29, 0.717) is 0 Å². The molecule has 2 N–H and O–H groups in total. The van der Waals surface area contributed by atoms with Crippen molar-refractivity contribution in [1.29, 1.82) is 5.26 Å². The van der Waals surface area contributed by atoms with E-state index in [9.17, 15) is 9.59 Å². The summed E-state index contributed by atoms with van der Waals surface area (Å²) in [5.41, 5.74) is 0. The summed E-state index contributed by atoms with van der Waals surface area (Å²) < 4.78 is 0. The molecule has 0 aromatic rings. The van der Waals surface area contributed by atoms with Crippen molar-refractivity contribution in [2.75, 3.05) is 13.6 Å². The maximum Gasteiger partial charge on any atom is 0.234 e. The van der Waals surface area contributed by atoms with Crippen molar-refractivity contribution in [2.24, 2.45) is 0 Å². The molecule has 0 rings (SSSR count). The van der Waals surface area contributed by atoms with Crippen LogP contribution in [0.3, 0.4) is 0 Å². The van der Waals surface area contributed by atoms with E-state index in [-0.39, 0.29) is 31.2 Å². The Morgan fingerprint density at radius 3 is 2.58 bits per heavy atom. The highest BCUT2D eigenvalue weighted by molar-refractivity contribution is 5.79. The molecule has 0 unspecified atom stereocenters. The molecule has 0 saturated heterocycles. The van der Waals surface area contributed by atoms with Crippen LogP contribution in [-0.4, -0.2) is 25.4 Å². The zero-order chi connectivity index (χ0) is 9.40. The van der Waals surface area contributed by atoms with Crippen molar-refractivity contribution in [3.63, 3.8) is 0 Å². The number of carbonyl (C=O) groups is 2. The van der Waals surface area contributed by atoms with Crippen molar-refractivity contribution in [1.82, 2.24) is 10.6 Å². The lowest BCUT2D eigenvalue weighted by molar-refractivity contribution is -0.121. The van der Waals surface area contributed by atoms with Gasteiger partial charge in [0.1, 0.15) is 6.42 Å². The molecular weight excluding hydrogens is 158 g/mol. The van der Waals surface area contributed by atoms with Crippen LogP contribution in [0.5, 0.6) is 0 Å². The molecule has 0 spiro atoms. The first-order valence-electron chi connectivity index (χ1n) is 3.55. The Labute approximate surface area is 70.7 Å². The Hall–Kier alpha value is -1.57. The van der Waals surface area contributed by atoms with Gasteiger partial charge in [-0.3, -0.25) is 9.59 Å². The van der Waals surface area contributed by atoms with Gasteiger partial charge in [0, 0.05) is 20.0 Å². The summed E-state index contributed by atoms with van der Waals surface area (Å²) >= 11 is 0. The molecule has 0 bridgehead atoms. The monoisotopic (exact) mass is 169 g/mol. The highest BCUT2D eigenvalue weighted by Gasteiger charge is 2.00. The summed E-state index contributed by atoms with van der Waals surface area (Å²) in [6, 6.07) is 1.71. The molecule has 0 aromatic carbocycles. The van der Waals surface area contributed by atoms with Gasteiger partial charge >= 0.3 is 0 Å². The van der Waals surface area contributed by atoms with E-state index in [1.54, 1.807) is 6.07 Å². The second-order valence-corrected chi connectivity index (χ2v) is 2.11. The van der Waals surface area contributed by atoms with Crippen LogP contribution in [0.1, 0.15) is 12.8 Å². The van der Waals surface area contributed by atoms with E-state index in [2.05, 4.69) is 10.6 Å². The molecule has 5 nitrogen and oxygen atoms in total. The van der Waals surface area contributed by atoms with Gasteiger partial charge in [-0.05, 0) is 0 Å². The molecule has 12 heavy (non-hydrogen) atoms. The molecule has 0 saturated carbocycles. The molecule has 66 valence electrons. The first-order chi connectivity index (χ1) is 5.70. The van der Waals surface area contributed by atoms with Crippen molar-refractivity contribution < 1.29 is 9.59 Å². The number of nitriles is 1. The number of carbonyl (C=O) groups excluding carboxylic acids is 2. The fraction of sp³-hybridized carbons (Fsp3) is 0.571. The fourth-order valence-electron chi connectivity index (χ4n) is 0.575. The summed E-state index contributed by atoms with van der Waals surface area (Å²) in [5.74, 6) is -0.478. The van der Waals surface area contributed by atoms with Crippen molar-refractivity contribution in [3.05, 3.63) is 0 Å². The quantitative estimate of drug-likeness (QED) is 0.575. The van der Waals surface area contributed by atoms with Gasteiger partial charge in [0.25, 0.3) is 0 Å². The average Bonchev–Trinajstić information content (AvgIpc) is 2.04. The molecule has 0 aliphatic heterocycles. The first-order valence-corrected chi connectivity index (χ1v) is 3.55. The van der Waals surface area contributed by atoms with Crippen molar-refractivity contribution >= 4 is 11.8 Å². The predicted molar refractivity (Wildman–Crippen MR) is 41.9 cm³/mol. The molecule has 0 atom stereocenters. The topological polar surface area (TPSA) is 82.0 Å². The number of hydrogen-bond donors (Lipinski definition) is 2. The number of amides is 2. The summed E-state index contributed by atoms with van der Waals surface area (Å²) in [6.07, 6.45) is 0.0847. The molecule has 2 amide bonds. The maximum atomic E-state index is 10.6. The van der Waals surface area contributed by atoms with Crippen molar-refractivity contribution in [2.45, 2.75) is 12.8 Å². The Kier molecular flexibility index (Phi) is 5.35. The minimum atomic E-state index is -0.346. The molecular formula is C7H11N3O2. The maximum absolute atomic E-state index is 10.6. The molecule has 0 heterocycles. The van der Waals surface area contributed by atoms with Gasteiger partial charge in [-0.15, -0.1) is 0 Å². The van der Waals surface area contributed by atoms with Crippen LogP contribution in [0.4, 0.5) is 0 Å². The lowest BCUT2D eigenvalue weighted by Gasteiger charge is -2.00. The van der Waals surface area contributed by atoms with Gasteiger partial charge in [-0.2, -0.15) is 5.26 Å². The van der Waals surface area contributed by atoms with Crippen LogP contribution in [0.15, 0.2) is 0 Å². The standard InChI is InChI=1S/C7H11N3O2/c1-9-6(11)3-5-10-7(12)2-4-8/h2-3,5H2,1H3,(H,9,11)(H,10,12). The second-order valence-electron chi connectivity index (χ2n) is 2.11. The van der Waals surface area contributed by atoms with E-state index in [1.807, 2.05) is 0 Å². The number of nitrogens with zero attached hydrogens (tertiary/aromatic N) is 1. The fourth-order valence-corrected chi connectivity index (χ4v) is 0.575. The Bertz CT molecular complexity index is 207. The Morgan fingerprint density at radius 2 is 2.08 bits per heavy atom. The van der Waals surface area contributed by atoms with E-state index < -0.39 is 0 Å². The van der Waals surface area contributed by atoms with Gasteiger partial charge in [-0.1, -0.05) is 0 Å². The van der Waals surface area contributed by atoms with Crippen LogP contribution >= 0.6 is 0 Å². The summed E-state index contributed by atoms with van der Waals surface area (Å²) in [5, 5.41) is 12.9. The predicted octanol–water partition coefficient (Wildman–Crippen LogP) is -0.848. The third kappa shape index (κ3) is 5.23. The van der Waals surface area contributed by atoms with Gasteiger partial charge < -0.3 is 10.6 Å². The molecule has 0 aliphatic carbocycles. The minimum absolute atomic E-state index is 0.132. The molecule has 0 radical (unpaired) electrons. The zero-order valence-electron chi connectivity index (χ0n) is 6.89. The summed E-state index contributed by atoms with van der Waals surface area (Å²) in [6.45, 7) is 0.278. The lowest BCUT2D eigenvalue weighted by atomic mass is 10.3. The lowest BCUT2D eigenvalue weighted by Crippen LogP contribution is -2.28. The van der Waals surface area contributed by atoms with E-state index in [0.717, 1.165) is 0 Å². The highest BCUT2D eigenvalue weighted by Crippen LogP contribution is 1.78. The SMILES string of the molecule is CNC(=O)CCNC(=O)CC#N. The van der Waals surface area contributed by atoms with Gasteiger partial charge in [0.2, 0.25) is 11.8 Å². The minimum Gasteiger partial charge on any atom is -0.359 e. The number of rotatable bonds is 4. The van der Waals surface area contributed by atoms with Gasteiger partial charge in [0.15, 0.2) is 0 Å². The van der Waals surface area contributed by atoms with Crippen LogP contribution in [0.2, 0.25) is 0 Å². The highest BCUT2D eigenvalue weighted by atomic mass is 16.2. The smallest absolute Gasteiger partial charge is 0.234 e. The second kappa shape index (κ2) is 6.16. The average molecular weight is 169 g/mol. The number of nitrogens with one attached hydrogen (secondary N) is 2. The molecule has 5 heteroatoms. The normalized spacial score (nSPS) is 8.33. The van der Waals surface area contributed by atoms with E-state index in [4.69, 9.17) is 5.26 Å². The van der Waals surface area contributed by atoms with Crippen molar-refractivity contribution in [3.8, 4) is 6.07 Å². The third-order valence-electron chi connectivity index (χ3n) is 1.19. The molecule has 0 aliphatic rings. The molecule has 0 aromatic heterocycles. The number of hydrogen-bond acceptors (Lipinski definition) is 3. The first kappa shape index (κ1) is 10.4. The largest absolute Gasteiger partial charge is 0.359 e. The Balaban J connectivity index is 3.38. The van der Waals surface area contributed by atoms with Gasteiger partial charge in [0.05, 0.1) is 6.07 Å². The van der Waals surface area contributed by atoms with Crippen LogP contribution in [0.25, 0.3) is 0 Å². The summed E-state index contributed by atoms with van der Waals surface area (Å²) in [7, 11) is 1.53. The zero-order valence-corrected chi connectivity index (χ0v) is 6.89. The van der Waals surface area contributed by atoms with Crippen LogP contribution in [0, 0.1) is 11.3 Å². The Morgan fingerprint density at radius 1 is 1.42 bits per heavy atom. The third-order valence-corrected chi connectivity index (χ3v) is 1.19. The molecule has 0 fully saturated rings. The van der Waals surface area contributed by atoms with E-state index in [1.165, 1.54) is 7.05 Å². The summed E-state index contributed by atoms with van der Waals surface area (Å²) in [4.78, 5) is 21.3. The van der Waals surface area contributed by atoms with Crippen LogP contribution in [-0.2, 0) is 9.59 Å². The van der Waals surface area contributed by atoms with Gasteiger partial charge in [-0.25, -0.2) is 0 Å². The van der Waals surface area contributed by atoms with E-state index >= 15 is 0 Å².